The molecule has 1 saturated carbocycles. The minimum atomic E-state index is -1.29. The van der Waals surface area contributed by atoms with E-state index in [-0.39, 0.29) is 5.56 Å². The number of carbonyl (C=O) groups is 1. The topological polar surface area (TPSA) is 79.5 Å². The predicted octanol–water partition coefficient (Wildman–Crippen LogP) is 3.06. The smallest absolute Gasteiger partial charge is 0.338 e. The van der Waals surface area contributed by atoms with E-state index in [0.29, 0.717) is 16.9 Å². The number of aromatic nitrogens is 3. The van der Waals surface area contributed by atoms with E-state index in [0.717, 1.165) is 18.3 Å². The molecule has 0 aliphatic heterocycles. The van der Waals surface area contributed by atoms with Crippen molar-refractivity contribution in [3.63, 3.8) is 0 Å². The summed E-state index contributed by atoms with van der Waals surface area (Å²) in [6.45, 7) is 0.893. The fourth-order valence-electron chi connectivity index (χ4n) is 2.58. The third-order valence-electron chi connectivity index (χ3n) is 4.13. The lowest BCUT2D eigenvalue weighted by Gasteiger charge is -2.07. The molecule has 7 heteroatoms. The molecule has 2 aromatic heterocycles. The Morgan fingerprint density at radius 2 is 2.17 bits per heavy atom. The number of fused-ring (bicyclic) bond motifs is 1. The van der Waals surface area contributed by atoms with E-state index in [4.69, 9.17) is 5.11 Å². The molecule has 1 fully saturated rings. The summed E-state index contributed by atoms with van der Waals surface area (Å²) in [5.74, 6) is -0.612. The molecular formula is C17H15FN4O2. The molecule has 2 N–H and O–H groups in total. The van der Waals surface area contributed by atoms with Gasteiger partial charge in [0.05, 0.1) is 17.5 Å². The molecule has 122 valence electrons. The Morgan fingerprint density at radius 3 is 2.88 bits per heavy atom. The SMILES string of the molecule is O=C(O)c1ccc(-c2cnc3ccc(NCC4CC4)nn23)cc1F. The van der Waals surface area contributed by atoms with Gasteiger partial charge < -0.3 is 10.4 Å². The van der Waals surface area contributed by atoms with Crippen LogP contribution in [-0.2, 0) is 0 Å². The molecule has 0 atom stereocenters. The van der Waals surface area contributed by atoms with Crippen LogP contribution >= 0.6 is 0 Å². The lowest BCUT2D eigenvalue weighted by Crippen LogP contribution is -2.07. The van der Waals surface area contributed by atoms with Crippen LogP contribution in [0.25, 0.3) is 16.9 Å². The van der Waals surface area contributed by atoms with Crippen LogP contribution < -0.4 is 5.32 Å². The van der Waals surface area contributed by atoms with Crippen molar-refractivity contribution in [1.29, 1.82) is 0 Å². The summed E-state index contributed by atoms with van der Waals surface area (Å²) in [7, 11) is 0. The number of rotatable bonds is 5. The van der Waals surface area contributed by atoms with E-state index in [1.165, 1.54) is 25.0 Å². The Morgan fingerprint density at radius 1 is 1.33 bits per heavy atom. The number of halogens is 1. The van der Waals surface area contributed by atoms with Gasteiger partial charge in [-0.25, -0.2) is 18.7 Å². The average Bonchev–Trinajstić information content (AvgIpc) is 3.30. The van der Waals surface area contributed by atoms with Gasteiger partial charge in [-0.05, 0) is 43.0 Å². The van der Waals surface area contributed by atoms with E-state index in [1.54, 1.807) is 16.8 Å². The molecule has 0 radical (unpaired) electrons. The molecule has 0 unspecified atom stereocenters. The zero-order valence-electron chi connectivity index (χ0n) is 12.7. The first-order valence-electron chi connectivity index (χ1n) is 7.74. The first-order chi connectivity index (χ1) is 11.6. The molecule has 0 spiro atoms. The highest BCUT2D eigenvalue weighted by Crippen LogP contribution is 2.29. The van der Waals surface area contributed by atoms with E-state index >= 15 is 0 Å². The maximum absolute atomic E-state index is 13.9. The molecule has 1 aliphatic rings. The van der Waals surface area contributed by atoms with Crippen LogP contribution in [0.5, 0.6) is 0 Å². The highest BCUT2D eigenvalue weighted by molar-refractivity contribution is 5.88. The molecule has 1 aromatic carbocycles. The van der Waals surface area contributed by atoms with Crippen LogP contribution in [0.15, 0.2) is 36.5 Å². The van der Waals surface area contributed by atoms with Crippen molar-refractivity contribution in [3.05, 3.63) is 47.9 Å². The Balaban J connectivity index is 1.71. The maximum Gasteiger partial charge on any atom is 0.338 e. The average molecular weight is 326 g/mol. The van der Waals surface area contributed by atoms with Crippen LogP contribution in [0.3, 0.4) is 0 Å². The van der Waals surface area contributed by atoms with Gasteiger partial charge in [0.25, 0.3) is 0 Å². The van der Waals surface area contributed by atoms with Gasteiger partial charge in [0, 0.05) is 12.1 Å². The number of hydrogen-bond donors (Lipinski definition) is 2. The van der Waals surface area contributed by atoms with Crippen molar-refractivity contribution in [2.45, 2.75) is 12.8 Å². The number of aromatic carboxylic acids is 1. The van der Waals surface area contributed by atoms with Crippen molar-refractivity contribution >= 4 is 17.4 Å². The lowest BCUT2D eigenvalue weighted by molar-refractivity contribution is 0.0692. The number of imidazole rings is 1. The van der Waals surface area contributed by atoms with Crippen molar-refractivity contribution < 1.29 is 14.3 Å². The summed E-state index contributed by atoms with van der Waals surface area (Å²) in [5, 5.41) is 16.7. The summed E-state index contributed by atoms with van der Waals surface area (Å²) in [6.07, 6.45) is 4.10. The molecule has 24 heavy (non-hydrogen) atoms. The van der Waals surface area contributed by atoms with Gasteiger partial charge in [0.2, 0.25) is 0 Å². The monoisotopic (exact) mass is 326 g/mol. The van der Waals surface area contributed by atoms with Crippen LogP contribution in [-0.4, -0.2) is 32.2 Å². The third-order valence-corrected chi connectivity index (χ3v) is 4.13. The van der Waals surface area contributed by atoms with Gasteiger partial charge in [-0.15, -0.1) is 5.10 Å². The minimum Gasteiger partial charge on any atom is -0.478 e. The Labute approximate surface area is 137 Å². The Hall–Kier alpha value is -2.96. The summed E-state index contributed by atoms with van der Waals surface area (Å²) >= 11 is 0. The van der Waals surface area contributed by atoms with Crippen LogP contribution in [0, 0.1) is 11.7 Å². The molecule has 3 aromatic rings. The molecule has 0 bridgehead atoms. The highest BCUT2D eigenvalue weighted by atomic mass is 19.1. The van der Waals surface area contributed by atoms with Crippen LogP contribution in [0.4, 0.5) is 10.2 Å². The van der Waals surface area contributed by atoms with E-state index < -0.39 is 11.8 Å². The van der Waals surface area contributed by atoms with Gasteiger partial charge in [0.15, 0.2) is 5.65 Å². The molecule has 4 rings (SSSR count). The standard InChI is InChI=1S/C17H15FN4O2/c18-13-7-11(3-4-12(13)17(23)24)14-9-20-16-6-5-15(21-22(14)16)19-8-10-1-2-10/h3-7,9-10H,1-2,8H2,(H,19,21)(H,23,24). The second-order valence-corrected chi connectivity index (χ2v) is 5.96. The summed E-state index contributed by atoms with van der Waals surface area (Å²) in [6, 6.07) is 7.71. The zero-order chi connectivity index (χ0) is 16.7. The quantitative estimate of drug-likeness (QED) is 0.753. The molecule has 6 nitrogen and oxygen atoms in total. The zero-order valence-corrected chi connectivity index (χ0v) is 12.7. The largest absolute Gasteiger partial charge is 0.478 e. The van der Waals surface area contributed by atoms with E-state index in [2.05, 4.69) is 15.4 Å². The minimum absolute atomic E-state index is 0.354. The number of carboxylic acids is 1. The number of anilines is 1. The highest BCUT2D eigenvalue weighted by Gasteiger charge is 2.21. The molecular weight excluding hydrogens is 311 g/mol. The summed E-state index contributed by atoms with van der Waals surface area (Å²) < 4.78 is 15.6. The van der Waals surface area contributed by atoms with Gasteiger partial charge in [-0.2, -0.15) is 0 Å². The molecule has 0 amide bonds. The fraction of sp³-hybridized carbons (Fsp3) is 0.235. The van der Waals surface area contributed by atoms with Crippen molar-refractivity contribution in [3.8, 4) is 11.3 Å². The number of nitrogens with zero attached hydrogens (tertiary/aromatic N) is 3. The second-order valence-electron chi connectivity index (χ2n) is 5.96. The van der Waals surface area contributed by atoms with Gasteiger partial charge in [0.1, 0.15) is 11.6 Å². The van der Waals surface area contributed by atoms with Crippen molar-refractivity contribution in [2.24, 2.45) is 5.92 Å². The summed E-state index contributed by atoms with van der Waals surface area (Å²) in [5.41, 5.74) is 1.42. The first kappa shape index (κ1) is 14.6. The number of carboxylic acid groups (broad SMARTS) is 1. The van der Waals surface area contributed by atoms with E-state index in [1.807, 2.05) is 12.1 Å². The normalized spacial score (nSPS) is 14.0. The van der Waals surface area contributed by atoms with Gasteiger partial charge in [-0.3, -0.25) is 0 Å². The molecule has 2 heterocycles. The van der Waals surface area contributed by atoms with Gasteiger partial charge >= 0.3 is 5.97 Å². The van der Waals surface area contributed by atoms with Gasteiger partial charge in [-0.1, -0.05) is 6.07 Å². The third kappa shape index (κ3) is 2.68. The van der Waals surface area contributed by atoms with Crippen molar-refractivity contribution in [1.82, 2.24) is 14.6 Å². The Kier molecular flexibility index (Phi) is 3.41. The summed E-state index contributed by atoms with van der Waals surface area (Å²) in [4.78, 5) is 15.2. The van der Waals surface area contributed by atoms with Crippen LogP contribution in [0.2, 0.25) is 0 Å². The Bertz CT molecular complexity index is 933. The first-order valence-corrected chi connectivity index (χ1v) is 7.74. The fourth-order valence-corrected chi connectivity index (χ4v) is 2.58. The van der Waals surface area contributed by atoms with E-state index in [9.17, 15) is 9.18 Å². The maximum atomic E-state index is 13.9. The number of hydrogen-bond acceptors (Lipinski definition) is 4. The second kappa shape index (κ2) is 5.59. The molecule has 1 aliphatic carbocycles. The number of benzene rings is 1. The lowest BCUT2D eigenvalue weighted by atomic mass is 10.1. The van der Waals surface area contributed by atoms with Crippen molar-refractivity contribution in [2.75, 3.05) is 11.9 Å². The predicted molar refractivity (Wildman–Crippen MR) is 86.6 cm³/mol. The molecule has 0 saturated heterocycles. The van der Waals surface area contributed by atoms with Crippen LogP contribution in [0.1, 0.15) is 23.2 Å². The number of nitrogens with one attached hydrogen (secondary N) is 1.